The fourth-order valence-electron chi connectivity index (χ4n) is 2.23. The first-order valence-corrected chi connectivity index (χ1v) is 8.23. The van der Waals surface area contributed by atoms with Crippen LogP contribution in [0.15, 0.2) is 35.9 Å². The third-order valence-electron chi connectivity index (χ3n) is 3.32. The van der Waals surface area contributed by atoms with Gasteiger partial charge in [-0.2, -0.15) is 11.8 Å². The topological polar surface area (TPSA) is 15.3 Å². The molecule has 2 rings (SSSR count). The van der Waals surface area contributed by atoms with Crippen molar-refractivity contribution in [2.24, 2.45) is 0 Å². The van der Waals surface area contributed by atoms with Crippen molar-refractivity contribution >= 4 is 17.8 Å². The minimum atomic E-state index is 0.984. The van der Waals surface area contributed by atoms with E-state index in [4.69, 9.17) is 0 Å². The molecule has 0 aromatic heterocycles. The molecule has 1 heterocycles. The average molecular weight is 276 g/mol. The summed E-state index contributed by atoms with van der Waals surface area (Å²) >= 11 is 2.07. The Bertz CT molecular complexity index is 383. The van der Waals surface area contributed by atoms with Crippen molar-refractivity contribution in [2.45, 2.75) is 6.92 Å². The second kappa shape index (κ2) is 8.41. The van der Waals surface area contributed by atoms with Crippen molar-refractivity contribution in [1.29, 1.82) is 0 Å². The predicted molar refractivity (Wildman–Crippen MR) is 86.7 cm³/mol. The number of nitrogens with one attached hydrogen (secondary N) is 1. The zero-order valence-corrected chi connectivity index (χ0v) is 12.6. The van der Waals surface area contributed by atoms with Crippen LogP contribution in [0.4, 0.5) is 0 Å². The van der Waals surface area contributed by atoms with E-state index in [1.165, 1.54) is 42.3 Å². The predicted octanol–water partition coefficient (Wildman–Crippen LogP) is 2.73. The van der Waals surface area contributed by atoms with Crippen LogP contribution in [0.25, 0.3) is 6.08 Å². The van der Waals surface area contributed by atoms with Crippen LogP contribution >= 0.6 is 11.8 Å². The van der Waals surface area contributed by atoms with E-state index in [0.717, 1.165) is 13.1 Å². The van der Waals surface area contributed by atoms with Gasteiger partial charge in [0.05, 0.1) is 0 Å². The van der Waals surface area contributed by atoms with Gasteiger partial charge in [0.15, 0.2) is 0 Å². The zero-order chi connectivity index (χ0) is 13.3. The van der Waals surface area contributed by atoms with Gasteiger partial charge in [0.25, 0.3) is 0 Å². The maximum Gasteiger partial charge on any atom is 0.0165 e. The molecule has 2 nitrogen and oxygen atoms in total. The highest BCUT2D eigenvalue weighted by Crippen LogP contribution is 2.08. The molecule has 1 saturated heterocycles. The third kappa shape index (κ3) is 5.81. The van der Waals surface area contributed by atoms with Gasteiger partial charge in [-0.25, -0.2) is 0 Å². The van der Waals surface area contributed by atoms with Crippen LogP contribution < -0.4 is 5.32 Å². The van der Waals surface area contributed by atoms with Gasteiger partial charge < -0.3 is 10.2 Å². The van der Waals surface area contributed by atoms with Gasteiger partial charge in [-0.05, 0) is 12.5 Å². The zero-order valence-electron chi connectivity index (χ0n) is 11.8. The molecule has 1 aromatic rings. The summed E-state index contributed by atoms with van der Waals surface area (Å²) in [5, 5.41) is 3.54. The van der Waals surface area contributed by atoms with E-state index in [9.17, 15) is 0 Å². The Balaban J connectivity index is 1.63. The van der Waals surface area contributed by atoms with Crippen molar-refractivity contribution in [2.75, 3.05) is 44.2 Å². The van der Waals surface area contributed by atoms with E-state index in [1.807, 2.05) is 0 Å². The molecule has 0 atom stereocenters. The van der Waals surface area contributed by atoms with Crippen LogP contribution in [0, 0.1) is 0 Å². The normalized spacial score (nSPS) is 17.6. The molecule has 19 heavy (non-hydrogen) atoms. The number of thioether (sulfide) groups is 1. The van der Waals surface area contributed by atoms with Crippen molar-refractivity contribution < 1.29 is 0 Å². The molecule has 1 fully saturated rings. The van der Waals surface area contributed by atoms with E-state index in [2.05, 4.69) is 65.3 Å². The van der Waals surface area contributed by atoms with Gasteiger partial charge in [-0.3, -0.25) is 0 Å². The average Bonchev–Trinajstić information content (AvgIpc) is 2.46. The summed E-state index contributed by atoms with van der Waals surface area (Å²) in [4.78, 5) is 2.56. The van der Waals surface area contributed by atoms with Crippen LogP contribution in [0.3, 0.4) is 0 Å². The summed E-state index contributed by atoms with van der Waals surface area (Å²) in [6.07, 6.45) is 2.25. The van der Waals surface area contributed by atoms with E-state index < -0.39 is 0 Å². The molecular weight excluding hydrogens is 252 g/mol. The first kappa shape index (κ1) is 14.6. The summed E-state index contributed by atoms with van der Waals surface area (Å²) in [6, 6.07) is 10.5. The molecule has 0 radical (unpaired) electrons. The van der Waals surface area contributed by atoms with Gasteiger partial charge in [-0.15, -0.1) is 0 Å². The maximum absolute atomic E-state index is 3.54. The molecule has 0 unspecified atom stereocenters. The lowest BCUT2D eigenvalue weighted by Gasteiger charge is -2.26. The second-order valence-corrected chi connectivity index (χ2v) is 6.26. The van der Waals surface area contributed by atoms with Gasteiger partial charge in [0.1, 0.15) is 0 Å². The maximum atomic E-state index is 3.54. The van der Waals surface area contributed by atoms with E-state index in [-0.39, 0.29) is 0 Å². The van der Waals surface area contributed by atoms with Crippen molar-refractivity contribution in [1.82, 2.24) is 10.2 Å². The van der Waals surface area contributed by atoms with Gasteiger partial charge in [-0.1, -0.05) is 42.0 Å². The van der Waals surface area contributed by atoms with E-state index in [0.29, 0.717) is 0 Å². The molecular formula is C16H24N2S. The monoisotopic (exact) mass is 276 g/mol. The lowest BCUT2D eigenvalue weighted by Crippen LogP contribution is -2.38. The summed E-state index contributed by atoms with van der Waals surface area (Å²) in [5.41, 5.74) is 2.68. The molecule has 104 valence electrons. The molecule has 0 amide bonds. The summed E-state index contributed by atoms with van der Waals surface area (Å²) in [6.45, 7) is 7.95. The third-order valence-corrected chi connectivity index (χ3v) is 4.27. The Morgan fingerprint density at radius 3 is 2.74 bits per heavy atom. The number of nitrogens with zero attached hydrogens (tertiary/aromatic N) is 1. The Kier molecular flexibility index (Phi) is 6.48. The molecule has 1 aliphatic heterocycles. The lowest BCUT2D eigenvalue weighted by atomic mass is 10.1. The molecule has 0 bridgehead atoms. The first-order valence-electron chi connectivity index (χ1n) is 7.07. The Morgan fingerprint density at radius 2 is 2.00 bits per heavy atom. The fourth-order valence-corrected chi connectivity index (χ4v) is 3.21. The SMILES string of the molecule is C/C(=C\c1ccccc1)CNCCN1CCSCC1. The molecule has 1 aromatic carbocycles. The Labute approximate surface area is 121 Å². The highest BCUT2D eigenvalue weighted by atomic mass is 32.2. The Morgan fingerprint density at radius 1 is 1.26 bits per heavy atom. The van der Waals surface area contributed by atoms with Crippen LogP contribution in [0.1, 0.15) is 12.5 Å². The lowest BCUT2D eigenvalue weighted by molar-refractivity contribution is 0.302. The van der Waals surface area contributed by atoms with Gasteiger partial charge >= 0.3 is 0 Å². The number of hydrogen-bond acceptors (Lipinski definition) is 3. The molecule has 1 N–H and O–H groups in total. The molecule has 0 aliphatic carbocycles. The summed E-state index contributed by atoms with van der Waals surface area (Å²) in [5.74, 6) is 2.60. The highest BCUT2D eigenvalue weighted by molar-refractivity contribution is 7.99. The molecule has 3 heteroatoms. The Hall–Kier alpha value is -0.770. The van der Waals surface area contributed by atoms with Crippen molar-refractivity contribution in [3.63, 3.8) is 0 Å². The van der Waals surface area contributed by atoms with E-state index >= 15 is 0 Å². The quantitative estimate of drug-likeness (QED) is 0.804. The molecule has 0 saturated carbocycles. The largest absolute Gasteiger partial charge is 0.312 e. The number of benzene rings is 1. The van der Waals surface area contributed by atoms with Gasteiger partial charge in [0, 0.05) is 44.2 Å². The van der Waals surface area contributed by atoms with Crippen molar-refractivity contribution in [3.05, 3.63) is 41.5 Å². The number of hydrogen-bond donors (Lipinski definition) is 1. The first-order chi connectivity index (χ1) is 9.34. The van der Waals surface area contributed by atoms with Crippen molar-refractivity contribution in [3.8, 4) is 0 Å². The van der Waals surface area contributed by atoms with Crippen LogP contribution in [-0.2, 0) is 0 Å². The minimum Gasteiger partial charge on any atom is -0.312 e. The van der Waals surface area contributed by atoms with Crippen LogP contribution in [0.2, 0.25) is 0 Å². The number of rotatable bonds is 6. The highest BCUT2D eigenvalue weighted by Gasteiger charge is 2.08. The minimum absolute atomic E-state index is 0.984. The standard InChI is InChI=1S/C16H24N2S/c1-15(13-16-5-3-2-4-6-16)14-17-7-8-18-9-11-19-12-10-18/h2-6,13,17H,7-12,14H2,1H3/b15-13+. The fraction of sp³-hybridized carbons (Fsp3) is 0.500. The summed E-state index contributed by atoms with van der Waals surface area (Å²) < 4.78 is 0. The molecule has 0 spiro atoms. The van der Waals surface area contributed by atoms with Gasteiger partial charge in [0.2, 0.25) is 0 Å². The summed E-state index contributed by atoms with van der Waals surface area (Å²) in [7, 11) is 0. The van der Waals surface area contributed by atoms with Crippen LogP contribution in [0.5, 0.6) is 0 Å². The van der Waals surface area contributed by atoms with E-state index in [1.54, 1.807) is 0 Å². The smallest absolute Gasteiger partial charge is 0.0165 e. The van der Waals surface area contributed by atoms with Crippen LogP contribution in [-0.4, -0.2) is 49.1 Å². The second-order valence-electron chi connectivity index (χ2n) is 5.03. The molecule has 1 aliphatic rings.